The third-order valence-electron chi connectivity index (χ3n) is 3.47. The monoisotopic (exact) mass is 402 g/mol. The molecule has 0 radical (unpaired) electrons. The van der Waals surface area contributed by atoms with E-state index in [1.807, 2.05) is 0 Å². The lowest BCUT2D eigenvalue weighted by Crippen LogP contribution is -2.39. The Bertz CT molecular complexity index is 569. The van der Waals surface area contributed by atoms with Crippen LogP contribution in [0.15, 0.2) is 27.6 Å². The molecule has 0 spiro atoms. The van der Waals surface area contributed by atoms with Gasteiger partial charge in [-0.05, 0) is 59.4 Å². The molecule has 1 saturated carbocycles. The Kier molecular flexibility index (Phi) is 6.76. The van der Waals surface area contributed by atoms with E-state index in [4.69, 9.17) is 17.3 Å². The first-order chi connectivity index (χ1) is 8.94. The summed E-state index contributed by atoms with van der Waals surface area (Å²) in [7, 11) is -3.52. The van der Waals surface area contributed by atoms with Gasteiger partial charge in [0.05, 0.1) is 9.92 Å². The van der Waals surface area contributed by atoms with Gasteiger partial charge in [0, 0.05) is 10.5 Å². The van der Waals surface area contributed by atoms with Gasteiger partial charge in [-0.2, -0.15) is 0 Å². The first-order valence-corrected chi connectivity index (χ1v) is 8.77. The van der Waals surface area contributed by atoms with Gasteiger partial charge in [0.25, 0.3) is 0 Å². The van der Waals surface area contributed by atoms with Crippen LogP contribution in [0.25, 0.3) is 0 Å². The van der Waals surface area contributed by atoms with Crippen LogP contribution in [-0.4, -0.2) is 21.0 Å². The van der Waals surface area contributed by atoms with E-state index in [0.29, 0.717) is 16.0 Å². The van der Waals surface area contributed by atoms with Crippen molar-refractivity contribution >= 4 is 50.0 Å². The second-order valence-electron chi connectivity index (χ2n) is 4.73. The first kappa shape index (κ1) is 18.2. The van der Waals surface area contributed by atoms with E-state index >= 15 is 0 Å². The van der Waals surface area contributed by atoms with Crippen LogP contribution in [0.5, 0.6) is 0 Å². The van der Waals surface area contributed by atoms with Gasteiger partial charge in [0.2, 0.25) is 10.0 Å². The maximum absolute atomic E-state index is 12.3. The average Bonchev–Trinajstić information content (AvgIpc) is 2.79. The van der Waals surface area contributed by atoms with Gasteiger partial charge in [0.15, 0.2) is 0 Å². The van der Waals surface area contributed by atoms with Crippen molar-refractivity contribution in [3.05, 3.63) is 27.7 Å². The molecule has 8 heteroatoms. The Labute approximate surface area is 139 Å². The van der Waals surface area contributed by atoms with Crippen molar-refractivity contribution in [2.75, 3.05) is 6.54 Å². The quantitative estimate of drug-likeness (QED) is 0.811. The lowest BCUT2D eigenvalue weighted by atomic mass is 10.1. The van der Waals surface area contributed by atoms with Gasteiger partial charge in [-0.15, -0.1) is 12.4 Å². The summed E-state index contributed by atoms with van der Waals surface area (Å²) in [6.45, 7) is 0.511. The van der Waals surface area contributed by atoms with E-state index in [2.05, 4.69) is 20.7 Å². The molecule has 2 atom stereocenters. The molecule has 0 aliphatic heterocycles. The number of rotatable bonds is 4. The van der Waals surface area contributed by atoms with Crippen LogP contribution < -0.4 is 10.5 Å². The summed E-state index contributed by atoms with van der Waals surface area (Å²) >= 11 is 9.10. The second-order valence-corrected chi connectivity index (χ2v) is 7.71. The van der Waals surface area contributed by atoms with Gasteiger partial charge < -0.3 is 5.73 Å². The van der Waals surface area contributed by atoms with E-state index in [-0.39, 0.29) is 29.3 Å². The van der Waals surface area contributed by atoms with Crippen LogP contribution >= 0.6 is 39.9 Å². The maximum atomic E-state index is 12.3. The number of nitrogens with one attached hydrogen (secondary N) is 1. The van der Waals surface area contributed by atoms with Crippen LogP contribution in [0.3, 0.4) is 0 Å². The fraction of sp³-hybridized carbons (Fsp3) is 0.500. The zero-order valence-corrected chi connectivity index (χ0v) is 14.7. The Hall–Kier alpha value is 0.150. The standard InChI is InChI=1S/C12H16BrClN2O2S.ClH/c13-10-6-9(4-5-11(10)14)19(17,18)16-12-3-1-2-8(12)7-15;/h4-6,8,12,16H,1-3,7,15H2;1H. The second kappa shape index (κ2) is 7.42. The maximum Gasteiger partial charge on any atom is 0.240 e. The van der Waals surface area contributed by atoms with Crippen LogP contribution in [0, 0.1) is 5.92 Å². The third kappa shape index (κ3) is 4.08. The van der Waals surface area contributed by atoms with Crippen LogP contribution in [0.4, 0.5) is 0 Å². The Morgan fingerprint density at radius 2 is 2.10 bits per heavy atom. The smallest absolute Gasteiger partial charge is 0.240 e. The van der Waals surface area contributed by atoms with Crippen LogP contribution in [0.1, 0.15) is 19.3 Å². The highest BCUT2D eigenvalue weighted by molar-refractivity contribution is 9.10. The van der Waals surface area contributed by atoms with Crippen molar-refractivity contribution in [1.29, 1.82) is 0 Å². The molecule has 20 heavy (non-hydrogen) atoms. The highest BCUT2D eigenvalue weighted by Crippen LogP contribution is 2.28. The average molecular weight is 404 g/mol. The Balaban J connectivity index is 0.00000200. The molecule has 0 bridgehead atoms. The van der Waals surface area contributed by atoms with Crippen molar-refractivity contribution in [3.8, 4) is 0 Å². The molecular formula is C12H17BrCl2N2O2S. The molecule has 0 aromatic heterocycles. The zero-order chi connectivity index (χ0) is 14.0. The number of benzene rings is 1. The minimum absolute atomic E-state index is 0. The van der Waals surface area contributed by atoms with Crippen LogP contribution in [0.2, 0.25) is 5.02 Å². The third-order valence-corrected chi connectivity index (χ3v) is 6.17. The highest BCUT2D eigenvalue weighted by Gasteiger charge is 2.30. The molecule has 1 aromatic carbocycles. The van der Waals surface area contributed by atoms with E-state index in [0.717, 1.165) is 19.3 Å². The predicted molar refractivity (Wildman–Crippen MR) is 86.9 cm³/mol. The molecule has 1 fully saturated rings. The van der Waals surface area contributed by atoms with Crippen molar-refractivity contribution < 1.29 is 8.42 Å². The largest absolute Gasteiger partial charge is 0.330 e. The topological polar surface area (TPSA) is 72.2 Å². The molecule has 0 saturated heterocycles. The summed E-state index contributed by atoms with van der Waals surface area (Å²) in [6, 6.07) is 4.51. The van der Waals surface area contributed by atoms with Gasteiger partial charge in [0.1, 0.15) is 0 Å². The number of hydrogen-bond acceptors (Lipinski definition) is 3. The fourth-order valence-electron chi connectivity index (χ4n) is 2.39. The minimum atomic E-state index is -3.52. The van der Waals surface area contributed by atoms with E-state index < -0.39 is 10.0 Å². The fourth-order valence-corrected chi connectivity index (χ4v) is 4.40. The SMILES string of the molecule is Cl.NCC1CCCC1NS(=O)(=O)c1ccc(Cl)c(Br)c1. The number of sulfonamides is 1. The molecule has 0 amide bonds. The molecule has 4 nitrogen and oxygen atoms in total. The summed E-state index contributed by atoms with van der Waals surface area (Å²) in [4.78, 5) is 0.214. The Morgan fingerprint density at radius 3 is 2.70 bits per heavy atom. The molecular weight excluding hydrogens is 387 g/mol. The van der Waals surface area contributed by atoms with Crippen molar-refractivity contribution in [2.24, 2.45) is 11.7 Å². The van der Waals surface area contributed by atoms with E-state index in [9.17, 15) is 8.42 Å². The predicted octanol–water partition coefficient (Wildman–Crippen LogP) is 2.93. The van der Waals surface area contributed by atoms with Gasteiger partial charge in [-0.25, -0.2) is 13.1 Å². The lowest BCUT2D eigenvalue weighted by molar-refractivity contribution is 0.453. The van der Waals surface area contributed by atoms with Crippen LogP contribution in [-0.2, 0) is 10.0 Å². The number of halogens is 3. The molecule has 1 aromatic rings. The summed E-state index contributed by atoms with van der Waals surface area (Å²) < 4.78 is 27.9. The molecule has 2 rings (SSSR count). The summed E-state index contributed by atoms with van der Waals surface area (Å²) in [6.07, 6.45) is 2.84. The van der Waals surface area contributed by atoms with Crippen molar-refractivity contribution in [3.63, 3.8) is 0 Å². The van der Waals surface area contributed by atoms with Crippen molar-refractivity contribution in [2.45, 2.75) is 30.2 Å². The summed E-state index contributed by atoms with van der Waals surface area (Å²) in [5.74, 6) is 0.227. The normalized spacial score (nSPS) is 22.6. The van der Waals surface area contributed by atoms with Gasteiger partial charge in [-0.1, -0.05) is 18.0 Å². The molecule has 3 N–H and O–H groups in total. The molecule has 1 aliphatic rings. The molecule has 2 unspecified atom stereocenters. The lowest BCUT2D eigenvalue weighted by Gasteiger charge is -2.19. The van der Waals surface area contributed by atoms with Crippen molar-refractivity contribution in [1.82, 2.24) is 4.72 Å². The van der Waals surface area contributed by atoms with Gasteiger partial charge in [-0.3, -0.25) is 0 Å². The van der Waals surface area contributed by atoms with Gasteiger partial charge >= 0.3 is 0 Å². The summed E-state index contributed by atoms with van der Waals surface area (Å²) in [5, 5.41) is 0.486. The summed E-state index contributed by atoms with van der Waals surface area (Å²) in [5.41, 5.74) is 5.67. The zero-order valence-electron chi connectivity index (χ0n) is 10.7. The molecule has 0 heterocycles. The Morgan fingerprint density at radius 1 is 1.40 bits per heavy atom. The van der Waals surface area contributed by atoms with E-state index in [1.165, 1.54) is 12.1 Å². The molecule has 1 aliphatic carbocycles. The number of nitrogens with two attached hydrogens (primary N) is 1. The molecule has 114 valence electrons. The minimum Gasteiger partial charge on any atom is -0.330 e. The van der Waals surface area contributed by atoms with E-state index in [1.54, 1.807) is 6.07 Å². The highest BCUT2D eigenvalue weighted by atomic mass is 79.9. The number of hydrogen-bond donors (Lipinski definition) is 2. The first-order valence-electron chi connectivity index (χ1n) is 6.11.